The lowest BCUT2D eigenvalue weighted by molar-refractivity contribution is -0.138. The van der Waals surface area contributed by atoms with Gasteiger partial charge in [-0.1, -0.05) is 30.4 Å². The Balaban J connectivity index is 3.13. The van der Waals surface area contributed by atoms with Gasteiger partial charge in [-0.2, -0.15) is 0 Å². The SMILES string of the molecule is CCCOC(=O)C(=C1SC=CS1)S(=O)(=O)C(C)C. The molecule has 0 bridgehead atoms. The topological polar surface area (TPSA) is 60.4 Å². The molecule has 0 fully saturated rings. The summed E-state index contributed by atoms with van der Waals surface area (Å²) in [7, 11) is -3.63. The Morgan fingerprint density at radius 3 is 2.33 bits per heavy atom. The third-order valence-electron chi connectivity index (χ3n) is 2.12. The second-order valence-electron chi connectivity index (χ2n) is 3.85. The predicted octanol–water partition coefficient (Wildman–Crippen LogP) is 2.88. The molecule has 1 aliphatic rings. The summed E-state index contributed by atoms with van der Waals surface area (Å²) in [6.07, 6.45) is 0.661. The van der Waals surface area contributed by atoms with Crippen LogP contribution < -0.4 is 0 Å². The summed E-state index contributed by atoms with van der Waals surface area (Å²) in [6.45, 7) is 5.20. The van der Waals surface area contributed by atoms with Crippen LogP contribution in [0, 0.1) is 0 Å². The zero-order chi connectivity index (χ0) is 13.8. The van der Waals surface area contributed by atoms with Crippen LogP contribution in [0.2, 0.25) is 0 Å². The smallest absolute Gasteiger partial charge is 0.351 e. The highest BCUT2D eigenvalue weighted by Gasteiger charge is 2.33. The number of thioether (sulfide) groups is 2. The third kappa shape index (κ3) is 3.55. The zero-order valence-electron chi connectivity index (χ0n) is 10.5. The molecule has 102 valence electrons. The van der Waals surface area contributed by atoms with Gasteiger partial charge in [0, 0.05) is 0 Å². The van der Waals surface area contributed by atoms with Crippen LogP contribution >= 0.6 is 23.5 Å². The van der Waals surface area contributed by atoms with Crippen molar-refractivity contribution in [3.8, 4) is 0 Å². The average Bonchev–Trinajstić information content (AvgIpc) is 2.79. The van der Waals surface area contributed by atoms with Gasteiger partial charge in [-0.3, -0.25) is 0 Å². The number of ether oxygens (including phenoxy) is 1. The molecule has 0 aromatic carbocycles. The second-order valence-corrected chi connectivity index (χ2v) is 8.39. The van der Waals surface area contributed by atoms with Gasteiger partial charge in [0.25, 0.3) is 0 Å². The fraction of sp³-hybridized carbons (Fsp3) is 0.545. The Morgan fingerprint density at radius 2 is 1.89 bits per heavy atom. The molecule has 1 aliphatic heterocycles. The first-order valence-electron chi connectivity index (χ1n) is 5.54. The molecule has 0 atom stereocenters. The van der Waals surface area contributed by atoms with E-state index in [4.69, 9.17) is 4.74 Å². The van der Waals surface area contributed by atoms with Gasteiger partial charge in [-0.05, 0) is 31.1 Å². The Labute approximate surface area is 116 Å². The molecule has 0 aliphatic carbocycles. The van der Waals surface area contributed by atoms with Crippen molar-refractivity contribution in [3.05, 3.63) is 20.0 Å². The monoisotopic (exact) mass is 308 g/mol. The van der Waals surface area contributed by atoms with Crippen LogP contribution in [0.5, 0.6) is 0 Å². The quantitative estimate of drug-likeness (QED) is 0.575. The number of hydrogen-bond acceptors (Lipinski definition) is 6. The molecule has 7 heteroatoms. The fourth-order valence-corrected chi connectivity index (χ4v) is 4.73. The van der Waals surface area contributed by atoms with Crippen molar-refractivity contribution in [2.75, 3.05) is 6.61 Å². The number of carbonyl (C=O) groups excluding carboxylic acids is 1. The number of sulfone groups is 1. The number of rotatable bonds is 5. The Bertz CT molecular complexity index is 465. The molecule has 0 spiro atoms. The fourth-order valence-electron chi connectivity index (χ4n) is 1.13. The Kier molecular flexibility index (Phi) is 5.81. The predicted molar refractivity (Wildman–Crippen MR) is 76.7 cm³/mol. The zero-order valence-corrected chi connectivity index (χ0v) is 13.0. The summed E-state index contributed by atoms with van der Waals surface area (Å²) >= 11 is 2.48. The Morgan fingerprint density at radius 1 is 1.33 bits per heavy atom. The summed E-state index contributed by atoms with van der Waals surface area (Å²) in [5, 5.41) is 2.86. The van der Waals surface area contributed by atoms with Crippen molar-refractivity contribution in [2.24, 2.45) is 0 Å². The normalized spacial score (nSPS) is 15.2. The first-order valence-corrected chi connectivity index (χ1v) is 8.85. The summed E-state index contributed by atoms with van der Waals surface area (Å²) in [4.78, 5) is 11.7. The maximum Gasteiger partial charge on any atom is 0.351 e. The molecule has 0 unspecified atom stereocenters. The maximum atomic E-state index is 12.2. The van der Waals surface area contributed by atoms with Crippen molar-refractivity contribution in [1.29, 1.82) is 0 Å². The van der Waals surface area contributed by atoms with E-state index in [9.17, 15) is 13.2 Å². The second kappa shape index (κ2) is 6.68. The van der Waals surface area contributed by atoms with Crippen LogP contribution in [-0.4, -0.2) is 26.2 Å². The molecule has 0 aromatic heterocycles. The molecule has 18 heavy (non-hydrogen) atoms. The van der Waals surface area contributed by atoms with Gasteiger partial charge in [0.15, 0.2) is 14.7 Å². The molecular formula is C11H16O4S3. The first-order chi connectivity index (χ1) is 8.41. The van der Waals surface area contributed by atoms with Gasteiger partial charge >= 0.3 is 5.97 Å². The molecule has 4 nitrogen and oxygen atoms in total. The summed E-state index contributed by atoms with van der Waals surface area (Å²) in [6, 6.07) is 0. The van der Waals surface area contributed by atoms with E-state index in [-0.39, 0.29) is 11.5 Å². The van der Waals surface area contributed by atoms with Gasteiger partial charge in [0.2, 0.25) is 0 Å². The highest BCUT2D eigenvalue weighted by molar-refractivity contribution is 8.28. The van der Waals surface area contributed by atoms with Crippen LogP contribution in [0.25, 0.3) is 0 Å². The van der Waals surface area contributed by atoms with Crippen molar-refractivity contribution >= 4 is 39.3 Å². The third-order valence-corrected chi connectivity index (χ3v) is 6.69. The van der Waals surface area contributed by atoms with E-state index in [0.717, 1.165) is 0 Å². The lowest BCUT2D eigenvalue weighted by Gasteiger charge is -2.13. The molecule has 0 N–H and O–H groups in total. The minimum atomic E-state index is -3.63. The van der Waals surface area contributed by atoms with E-state index in [1.807, 2.05) is 6.92 Å². The molecule has 1 rings (SSSR count). The number of esters is 1. The largest absolute Gasteiger partial charge is 0.462 e. The first kappa shape index (κ1) is 15.7. The summed E-state index contributed by atoms with van der Waals surface area (Å²) in [5.74, 6) is -0.746. The van der Waals surface area contributed by atoms with E-state index in [0.29, 0.717) is 10.7 Å². The van der Waals surface area contributed by atoms with E-state index in [1.54, 1.807) is 24.7 Å². The molecule has 1 heterocycles. The highest BCUT2D eigenvalue weighted by atomic mass is 32.2. The van der Waals surface area contributed by atoms with Crippen molar-refractivity contribution in [1.82, 2.24) is 0 Å². The average molecular weight is 308 g/mol. The number of carbonyl (C=O) groups is 1. The van der Waals surface area contributed by atoms with Crippen molar-refractivity contribution in [2.45, 2.75) is 32.4 Å². The van der Waals surface area contributed by atoms with Crippen LogP contribution in [-0.2, 0) is 19.4 Å². The van der Waals surface area contributed by atoms with Crippen molar-refractivity contribution < 1.29 is 17.9 Å². The maximum absolute atomic E-state index is 12.2. The molecular weight excluding hydrogens is 292 g/mol. The Hall–Kier alpha value is -0.400. The molecule has 0 aromatic rings. The van der Waals surface area contributed by atoms with Gasteiger partial charge in [0.05, 0.1) is 16.1 Å². The molecule has 0 saturated carbocycles. The molecule has 0 radical (unpaired) electrons. The summed E-state index contributed by atoms with van der Waals surface area (Å²) in [5.41, 5.74) is 0. The van der Waals surface area contributed by atoms with Crippen LogP contribution in [0.1, 0.15) is 27.2 Å². The number of hydrogen-bond donors (Lipinski definition) is 0. The van der Waals surface area contributed by atoms with Crippen molar-refractivity contribution in [3.63, 3.8) is 0 Å². The van der Waals surface area contributed by atoms with Gasteiger partial charge < -0.3 is 4.74 Å². The highest BCUT2D eigenvalue weighted by Crippen LogP contribution is 2.42. The van der Waals surface area contributed by atoms with Crippen LogP contribution in [0.3, 0.4) is 0 Å². The minimum absolute atomic E-state index is 0.203. The van der Waals surface area contributed by atoms with E-state index in [1.165, 1.54) is 23.5 Å². The van der Waals surface area contributed by atoms with Gasteiger partial charge in [0.1, 0.15) is 0 Å². The van der Waals surface area contributed by atoms with E-state index in [2.05, 4.69) is 0 Å². The molecule has 0 saturated heterocycles. The lowest BCUT2D eigenvalue weighted by Crippen LogP contribution is -2.24. The molecule has 0 amide bonds. The van der Waals surface area contributed by atoms with Gasteiger partial charge in [-0.25, -0.2) is 13.2 Å². The standard InChI is InChI=1S/C11H16O4S3/c1-4-5-15-10(12)9(11-16-6-7-17-11)18(13,14)8(2)3/h6-8H,4-5H2,1-3H3. The van der Waals surface area contributed by atoms with Gasteiger partial charge in [-0.15, -0.1) is 0 Å². The minimum Gasteiger partial charge on any atom is -0.462 e. The van der Waals surface area contributed by atoms with Crippen LogP contribution in [0.15, 0.2) is 20.0 Å². The lowest BCUT2D eigenvalue weighted by atomic mass is 10.5. The van der Waals surface area contributed by atoms with E-state index >= 15 is 0 Å². The summed E-state index contributed by atoms with van der Waals surface area (Å²) < 4.78 is 29.9. The van der Waals surface area contributed by atoms with E-state index < -0.39 is 21.1 Å². The van der Waals surface area contributed by atoms with Crippen LogP contribution in [0.4, 0.5) is 0 Å².